The Bertz CT molecular complexity index is 707. The van der Waals surface area contributed by atoms with Crippen LogP contribution in [0.5, 0.6) is 0 Å². The quantitative estimate of drug-likeness (QED) is 0.869. The fourth-order valence-corrected chi connectivity index (χ4v) is 4.78. The van der Waals surface area contributed by atoms with Crippen molar-refractivity contribution in [1.29, 1.82) is 0 Å². The van der Waals surface area contributed by atoms with E-state index in [1.165, 1.54) is 16.0 Å². The number of nitrogens with zero attached hydrogens (tertiary/aromatic N) is 1. The summed E-state index contributed by atoms with van der Waals surface area (Å²) in [6.45, 7) is 0. The van der Waals surface area contributed by atoms with Crippen molar-refractivity contribution < 1.29 is 9.00 Å². The van der Waals surface area contributed by atoms with Crippen LogP contribution in [0.1, 0.15) is 27.5 Å². The van der Waals surface area contributed by atoms with Crippen molar-refractivity contribution >= 4 is 16.7 Å². The number of carbonyl (C=O) groups is 1. The molecule has 0 aromatic heterocycles. The Morgan fingerprint density at radius 2 is 1.48 bits per heavy atom. The average Bonchev–Trinajstić information content (AvgIpc) is 2.71. The van der Waals surface area contributed by atoms with Crippen LogP contribution in [0.2, 0.25) is 0 Å². The van der Waals surface area contributed by atoms with Crippen LogP contribution in [0.25, 0.3) is 0 Å². The van der Waals surface area contributed by atoms with Crippen molar-refractivity contribution in [3.63, 3.8) is 0 Å². The summed E-state index contributed by atoms with van der Waals surface area (Å²) in [7, 11) is 2.12. The Kier molecular flexibility index (Phi) is 4.62. The highest BCUT2D eigenvalue weighted by molar-refractivity contribution is 7.86. The molecule has 0 spiro atoms. The maximum atomic E-state index is 13.1. The van der Waals surface area contributed by atoms with Gasteiger partial charge in [-0.25, -0.2) is 0 Å². The van der Waals surface area contributed by atoms with Gasteiger partial charge in [-0.15, -0.1) is 0 Å². The number of aryl methyl sites for hydroxylation is 2. The molecule has 2 aromatic rings. The van der Waals surface area contributed by atoms with Crippen LogP contribution in [-0.2, 0) is 28.4 Å². The minimum Gasteiger partial charge on any atom is -0.348 e. The van der Waals surface area contributed by atoms with Gasteiger partial charge in [-0.05, 0) is 35.1 Å². The molecule has 2 aromatic carbocycles. The van der Waals surface area contributed by atoms with Crippen molar-refractivity contribution in [2.24, 2.45) is 0 Å². The maximum Gasteiger partial charge on any atom is 0.234 e. The van der Waals surface area contributed by atoms with Crippen LogP contribution in [0.3, 0.4) is 0 Å². The first-order valence-electron chi connectivity index (χ1n) is 7.81. The molecule has 0 saturated heterocycles. The lowest BCUT2D eigenvalue weighted by Gasteiger charge is -2.20. The van der Waals surface area contributed by atoms with Crippen LogP contribution in [-0.4, -0.2) is 34.9 Å². The van der Waals surface area contributed by atoms with E-state index in [-0.39, 0.29) is 16.9 Å². The van der Waals surface area contributed by atoms with Crippen LogP contribution >= 0.6 is 0 Å². The van der Waals surface area contributed by atoms with Crippen molar-refractivity contribution in [3.05, 3.63) is 70.8 Å². The summed E-state index contributed by atoms with van der Waals surface area (Å²) in [6, 6.07) is 16.4. The normalized spacial score (nSPS) is 15.2. The summed E-state index contributed by atoms with van der Waals surface area (Å²) in [5, 5.41) is -0.228. The van der Waals surface area contributed by atoms with Gasteiger partial charge in [0.2, 0.25) is 5.91 Å². The molecule has 1 atom stereocenters. The molecular formula is C19H21NO2S. The molecule has 1 amide bonds. The molecule has 0 radical (unpaired) electrons. The first-order valence-corrected chi connectivity index (χ1v) is 9.19. The zero-order valence-electron chi connectivity index (χ0n) is 13.5. The molecule has 3 rings (SSSR count). The van der Waals surface area contributed by atoms with Gasteiger partial charge in [-0.3, -0.25) is 9.00 Å². The Labute approximate surface area is 139 Å². The van der Waals surface area contributed by atoms with Gasteiger partial charge in [0, 0.05) is 24.9 Å². The number of hydrogen-bond acceptors (Lipinski definition) is 2. The Morgan fingerprint density at radius 3 is 1.96 bits per heavy atom. The second kappa shape index (κ2) is 6.67. The van der Waals surface area contributed by atoms with Crippen molar-refractivity contribution in [3.8, 4) is 0 Å². The number of hydrogen-bond donors (Lipinski definition) is 0. The van der Waals surface area contributed by atoms with Crippen LogP contribution in [0.4, 0.5) is 0 Å². The Hall–Kier alpha value is -1.94. The highest BCUT2D eigenvalue weighted by Gasteiger charge is 2.29. The summed E-state index contributed by atoms with van der Waals surface area (Å²) in [5.41, 5.74) is 4.67. The molecule has 4 heteroatoms. The van der Waals surface area contributed by atoms with Gasteiger partial charge in [-0.2, -0.15) is 0 Å². The fourth-order valence-electron chi connectivity index (χ4n) is 3.09. The van der Waals surface area contributed by atoms with Gasteiger partial charge in [-0.1, -0.05) is 48.5 Å². The molecule has 0 heterocycles. The predicted molar refractivity (Wildman–Crippen MR) is 93.8 cm³/mol. The number of rotatable bonds is 3. The average molecular weight is 327 g/mol. The van der Waals surface area contributed by atoms with Gasteiger partial charge in [0.05, 0.1) is 5.25 Å². The van der Waals surface area contributed by atoms with Gasteiger partial charge < -0.3 is 4.90 Å². The largest absolute Gasteiger partial charge is 0.348 e. The molecule has 0 bridgehead atoms. The molecule has 0 saturated carbocycles. The highest BCUT2D eigenvalue weighted by atomic mass is 32.2. The lowest BCUT2D eigenvalue weighted by Crippen LogP contribution is -2.29. The van der Waals surface area contributed by atoms with Gasteiger partial charge in [0.15, 0.2) is 0 Å². The van der Waals surface area contributed by atoms with Crippen molar-refractivity contribution in [2.45, 2.75) is 18.1 Å². The summed E-state index contributed by atoms with van der Waals surface area (Å²) in [5.74, 6) is -0.0390. The summed E-state index contributed by atoms with van der Waals surface area (Å²) < 4.78 is 13.1. The number of carbonyl (C=O) groups excluding carboxylic acids is 1. The van der Waals surface area contributed by atoms with Gasteiger partial charge in [0.1, 0.15) is 5.75 Å². The monoisotopic (exact) mass is 327 g/mol. The van der Waals surface area contributed by atoms with E-state index in [9.17, 15) is 9.00 Å². The minimum atomic E-state index is -1.28. The molecule has 1 aliphatic carbocycles. The van der Waals surface area contributed by atoms with E-state index < -0.39 is 10.8 Å². The smallest absolute Gasteiger partial charge is 0.234 e. The van der Waals surface area contributed by atoms with Crippen LogP contribution in [0.15, 0.2) is 48.5 Å². The first-order chi connectivity index (χ1) is 11.1. The maximum absolute atomic E-state index is 13.1. The molecule has 120 valence electrons. The van der Waals surface area contributed by atoms with E-state index >= 15 is 0 Å². The third-order valence-electron chi connectivity index (χ3n) is 4.37. The molecule has 1 unspecified atom stereocenters. The fraction of sp³-hybridized carbons (Fsp3) is 0.316. The Balaban J connectivity index is 2.07. The lowest BCUT2D eigenvalue weighted by molar-refractivity contribution is -0.125. The number of benzene rings is 2. The molecule has 0 aliphatic heterocycles. The van der Waals surface area contributed by atoms with E-state index in [1.807, 2.05) is 24.3 Å². The standard InChI is InChI=1S/C19H21NO2S/c1-20(2)18(21)13-23(22)19-16-9-5-3-7-14(16)11-12-15-8-4-6-10-17(15)19/h3-10,19H,11-13H2,1-2H3. The highest BCUT2D eigenvalue weighted by Crippen LogP contribution is 2.36. The topological polar surface area (TPSA) is 37.4 Å². The van der Waals surface area contributed by atoms with E-state index in [0.717, 1.165) is 24.0 Å². The third-order valence-corrected chi connectivity index (χ3v) is 5.93. The van der Waals surface area contributed by atoms with E-state index in [4.69, 9.17) is 0 Å². The molecule has 0 fully saturated rings. The minimum absolute atomic E-state index is 0.0559. The molecule has 3 nitrogen and oxygen atoms in total. The molecule has 23 heavy (non-hydrogen) atoms. The first kappa shape index (κ1) is 15.9. The zero-order chi connectivity index (χ0) is 16.4. The molecule has 0 N–H and O–H groups in total. The lowest BCUT2D eigenvalue weighted by atomic mass is 10.00. The van der Waals surface area contributed by atoms with E-state index in [0.29, 0.717) is 0 Å². The summed E-state index contributed by atoms with van der Waals surface area (Å²) >= 11 is 0. The second-order valence-corrected chi connectivity index (χ2v) is 7.61. The van der Waals surface area contributed by atoms with E-state index in [1.54, 1.807) is 14.1 Å². The van der Waals surface area contributed by atoms with Crippen LogP contribution in [0, 0.1) is 0 Å². The second-order valence-electron chi connectivity index (χ2n) is 6.09. The summed E-state index contributed by atoms with van der Waals surface area (Å²) in [4.78, 5) is 13.5. The van der Waals surface area contributed by atoms with Gasteiger partial charge in [0.25, 0.3) is 0 Å². The molecular weight excluding hydrogens is 306 g/mol. The summed E-state index contributed by atoms with van der Waals surface area (Å²) in [6.07, 6.45) is 1.89. The SMILES string of the molecule is CN(C)C(=O)CS(=O)C1c2ccccc2CCc2ccccc21. The van der Waals surface area contributed by atoms with Gasteiger partial charge >= 0.3 is 0 Å². The Morgan fingerprint density at radius 1 is 1.00 bits per heavy atom. The van der Waals surface area contributed by atoms with Crippen molar-refractivity contribution in [2.75, 3.05) is 19.8 Å². The van der Waals surface area contributed by atoms with Crippen molar-refractivity contribution in [1.82, 2.24) is 4.90 Å². The third kappa shape index (κ3) is 3.22. The zero-order valence-corrected chi connectivity index (χ0v) is 14.3. The van der Waals surface area contributed by atoms with E-state index in [2.05, 4.69) is 24.3 Å². The van der Waals surface area contributed by atoms with Crippen LogP contribution < -0.4 is 0 Å². The molecule has 1 aliphatic rings. The number of amides is 1. The number of fused-ring (bicyclic) bond motifs is 2. The predicted octanol–water partition coefficient (Wildman–Crippen LogP) is 2.71.